The highest BCUT2D eigenvalue weighted by Crippen LogP contribution is 2.32. The number of ether oxygens (including phenoxy) is 3. The number of carbonyl (C=O) groups excluding carboxylic acids is 4. The van der Waals surface area contributed by atoms with Crippen LogP contribution >= 0.6 is 0 Å². The Labute approximate surface area is 336 Å². The van der Waals surface area contributed by atoms with Gasteiger partial charge in [-0.15, -0.1) is 0 Å². The van der Waals surface area contributed by atoms with Gasteiger partial charge in [0.1, 0.15) is 53.0 Å². The van der Waals surface area contributed by atoms with Gasteiger partial charge in [0, 0.05) is 50.9 Å². The normalized spacial score (nSPS) is 11.8. The van der Waals surface area contributed by atoms with Gasteiger partial charge < -0.3 is 39.3 Å². The minimum atomic E-state index is -0.534. The van der Waals surface area contributed by atoms with E-state index in [4.69, 9.17) is 24.2 Å². The number of hydrogen-bond acceptors (Lipinski definition) is 12. The van der Waals surface area contributed by atoms with Crippen molar-refractivity contribution in [2.24, 2.45) is 0 Å². The van der Waals surface area contributed by atoms with Crippen molar-refractivity contribution in [3.05, 3.63) is 77.2 Å². The largest absolute Gasteiger partial charge is 0.494 e. The van der Waals surface area contributed by atoms with Crippen molar-refractivity contribution in [1.82, 2.24) is 39.5 Å². The summed E-state index contributed by atoms with van der Waals surface area (Å²) in [6.45, 7) is 12.4. The minimum absolute atomic E-state index is 0.254. The molecule has 0 fully saturated rings. The zero-order valence-electron chi connectivity index (χ0n) is 34.0. The smallest absolute Gasteiger partial charge is 0.407 e. The summed E-state index contributed by atoms with van der Waals surface area (Å²) in [4.78, 5) is 58.3. The molecule has 308 valence electrons. The van der Waals surface area contributed by atoms with E-state index in [2.05, 4.69) is 26.4 Å². The maximum absolute atomic E-state index is 13.5. The standard InChI is InChI=1S/C41H52N10O7/c1-8-51-32(20-27(2)48-51)37(54)47-39-46-30-21-28(25-52)23-33(56-7)35(30)50(39)18-11-10-17-49-36-31(45-38(49)42-6)22-29(26-53)24-34(36)57-19-12-9-14-43-15-13-16-44-40(55)58-41(3,4)5/h9-12,20-26,43H,8,13-19H2,1-7H3,(H,42,45)(H,44,55)(H,46,47,54)/b11-10+,12-9+. The molecule has 0 saturated carbocycles. The first kappa shape index (κ1) is 42.6. The van der Waals surface area contributed by atoms with E-state index in [0.717, 1.165) is 19.0 Å². The number of allylic oxidation sites excluding steroid dienone is 2. The van der Waals surface area contributed by atoms with Crippen LogP contribution in [0.5, 0.6) is 11.5 Å². The number of rotatable bonds is 20. The third-order valence-corrected chi connectivity index (χ3v) is 8.74. The summed E-state index contributed by atoms with van der Waals surface area (Å²) in [5.74, 6) is 1.39. The van der Waals surface area contributed by atoms with Crippen LogP contribution in [0, 0.1) is 6.92 Å². The highest BCUT2D eigenvalue weighted by Gasteiger charge is 2.21. The van der Waals surface area contributed by atoms with E-state index in [0.29, 0.717) is 94.8 Å². The van der Waals surface area contributed by atoms with Crippen LogP contribution in [0.15, 0.2) is 54.6 Å². The number of amides is 2. The number of fused-ring (bicyclic) bond motifs is 2. The second kappa shape index (κ2) is 19.6. The Morgan fingerprint density at radius 2 is 1.48 bits per heavy atom. The summed E-state index contributed by atoms with van der Waals surface area (Å²) in [6, 6.07) is 8.40. The van der Waals surface area contributed by atoms with Crippen molar-refractivity contribution < 1.29 is 33.4 Å². The lowest BCUT2D eigenvalue weighted by atomic mass is 10.2. The summed E-state index contributed by atoms with van der Waals surface area (Å²) >= 11 is 0. The van der Waals surface area contributed by atoms with Crippen LogP contribution in [0.25, 0.3) is 22.1 Å². The second-order valence-corrected chi connectivity index (χ2v) is 14.2. The average molecular weight is 797 g/mol. The maximum Gasteiger partial charge on any atom is 0.407 e. The van der Waals surface area contributed by atoms with Gasteiger partial charge in [-0.3, -0.25) is 24.4 Å². The topological polar surface area (TPSA) is 198 Å². The monoisotopic (exact) mass is 796 g/mol. The van der Waals surface area contributed by atoms with Crippen LogP contribution in [0.3, 0.4) is 0 Å². The fourth-order valence-corrected chi connectivity index (χ4v) is 6.23. The average Bonchev–Trinajstić information content (AvgIpc) is 3.87. The van der Waals surface area contributed by atoms with Gasteiger partial charge in [-0.25, -0.2) is 14.8 Å². The van der Waals surface area contributed by atoms with Crippen molar-refractivity contribution in [3.63, 3.8) is 0 Å². The zero-order valence-corrected chi connectivity index (χ0v) is 34.0. The molecule has 58 heavy (non-hydrogen) atoms. The lowest BCUT2D eigenvalue weighted by molar-refractivity contribution is 0.0527. The van der Waals surface area contributed by atoms with Crippen molar-refractivity contribution in [1.29, 1.82) is 0 Å². The molecule has 17 nitrogen and oxygen atoms in total. The van der Waals surface area contributed by atoms with Crippen LogP contribution in [0.1, 0.15) is 71.0 Å². The molecule has 0 radical (unpaired) electrons. The summed E-state index contributed by atoms with van der Waals surface area (Å²) < 4.78 is 22.5. The van der Waals surface area contributed by atoms with E-state index in [9.17, 15) is 19.2 Å². The van der Waals surface area contributed by atoms with E-state index >= 15 is 0 Å². The molecule has 17 heteroatoms. The van der Waals surface area contributed by atoms with Crippen LogP contribution in [0.2, 0.25) is 0 Å². The molecule has 3 heterocycles. The van der Waals surface area contributed by atoms with Gasteiger partial charge in [-0.05, 0) is 77.9 Å². The minimum Gasteiger partial charge on any atom is -0.494 e. The van der Waals surface area contributed by atoms with E-state index in [-0.39, 0.29) is 25.0 Å². The Morgan fingerprint density at radius 3 is 2.10 bits per heavy atom. The fourth-order valence-electron chi connectivity index (χ4n) is 6.23. The first-order valence-corrected chi connectivity index (χ1v) is 19.1. The lowest BCUT2D eigenvalue weighted by Gasteiger charge is -2.19. The summed E-state index contributed by atoms with van der Waals surface area (Å²) in [6.07, 6.45) is 9.51. The number of anilines is 2. The molecule has 0 spiro atoms. The number of aldehydes is 2. The van der Waals surface area contributed by atoms with Gasteiger partial charge in [0.25, 0.3) is 5.91 Å². The molecular formula is C41H52N10O7. The number of nitrogens with one attached hydrogen (secondary N) is 4. The van der Waals surface area contributed by atoms with Gasteiger partial charge in [-0.2, -0.15) is 5.10 Å². The van der Waals surface area contributed by atoms with Gasteiger partial charge in [0.15, 0.2) is 0 Å². The molecule has 0 aliphatic heterocycles. The number of benzene rings is 2. The molecule has 0 bridgehead atoms. The first-order chi connectivity index (χ1) is 27.9. The molecular weight excluding hydrogens is 745 g/mol. The number of alkyl carbamates (subject to hydrolysis) is 1. The molecule has 4 N–H and O–H groups in total. The highest BCUT2D eigenvalue weighted by molar-refractivity contribution is 6.03. The van der Waals surface area contributed by atoms with Crippen molar-refractivity contribution in [2.75, 3.05) is 51.0 Å². The SMILES string of the molecule is CCn1nc(C)cc1C(=O)Nc1nc2cc(C=O)cc(OC)c2n1C/C=C/Cn1c(NC)nc2cc(C=O)cc(OC/C=C/CNCCCNC(=O)OC(C)(C)C)c21. The van der Waals surface area contributed by atoms with Crippen LogP contribution < -0.4 is 30.7 Å². The zero-order chi connectivity index (χ0) is 41.8. The molecule has 0 aliphatic rings. The Hall–Kier alpha value is -6.49. The Morgan fingerprint density at radius 1 is 0.845 bits per heavy atom. The van der Waals surface area contributed by atoms with Crippen molar-refractivity contribution in [2.45, 2.75) is 66.3 Å². The Bertz CT molecular complexity index is 2310. The molecule has 0 unspecified atom stereocenters. The number of nitrogens with zero attached hydrogens (tertiary/aromatic N) is 6. The third-order valence-electron chi connectivity index (χ3n) is 8.74. The molecule has 3 aromatic heterocycles. The molecule has 2 amide bonds. The Balaban J connectivity index is 1.30. The van der Waals surface area contributed by atoms with E-state index in [1.165, 1.54) is 7.11 Å². The Kier molecular flexibility index (Phi) is 14.4. The lowest BCUT2D eigenvalue weighted by Crippen LogP contribution is -2.33. The number of aryl methyl sites for hydroxylation is 2. The van der Waals surface area contributed by atoms with Crippen LogP contribution in [0.4, 0.5) is 16.7 Å². The second-order valence-electron chi connectivity index (χ2n) is 14.2. The molecule has 0 atom stereocenters. The van der Waals surface area contributed by atoms with Crippen molar-refractivity contribution in [3.8, 4) is 11.5 Å². The predicted molar refractivity (Wildman–Crippen MR) is 222 cm³/mol. The van der Waals surface area contributed by atoms with E-state index in [1.54, 1.807) is 42.1 Å². The van der Waals surface area contributed by atoms with Crippen molar-refractivity contribution >= 4 is 58.5 Å². The fraction of sp³-hybridized carbons (Fsp3) is 0.390. The molecule has 5 rings (SSSR count). The molecule has 0 saturated heterocycles. The maximum atomic E-state index is 13.5. The molecule has 0 aliphatic carbocycles. The van der Waals surface area contributed by atoms with E-state index < -0.39 is 11.7 Å². The third kappa shape index (κ3) is 10.7. The number of aromatic nitrogens is 6. The highest BCUT2D eigenvalue weighted by atomic mass is 16.6. The van der Waals surface area contributed by atoms with E-state index in [1.807, 2.05) is 68.1 Å². The van der Waals surface area contributed by atoms with Gasteiger partial charge in [0.05, 0.1) is 23.8 Å². The van der Waals surface area contributed by atoms with Gasteiger partial charge in [0.2, 0.25) is 11.9 Å². The first-order valence-electron chi connectivity index (χ1n) is 19.1. The summed E-state index contributed by atoms with van der Waals surface area (Å²) in [7, 11) is 3.28. The van der Waals surface area contributed by atoms with Gasteiger partial charge >= 0.3 is 6.09 Å². The molecule has 2 aromatic carbocycles. The quantitative estimate of drug-likeness (QED) is 0.0437. The van der Waals surface area contributed by atoms with Crippen LogP contribution in [-0.2, 0) is 24.4 Å². The predicted octanol–water partition coefficient (Wildman–Crippen LogP) is 5.53. The van der Waals surface area contributed by atoms with Crippen LogP contribution in [-0.4, -0.2) is 99.5 Å². The number of carbonyl (C=O) groups is 4. The number of hydrogen-bond donors (Lipinski definition) is 4. The molecule has 5 aromatic rings. The number of methoxy groups -OCH3 is 1. The summed E-state index contributed by atoms with van der Waals surface area (Å²) in [5.41, 5.74) is 3.77. The number of imidazole rings is 2. The summed E-state index contributed by atoms with van der Waals surface area (Å²) in [5, 5.41) is 16.5. The van der Waals surface area contributed by atoms with Gasteiger partial charge in [-0.1, -0.05) is 24.3 Å².